The Morgan fingerprint density at radius 3 is 2.46 bits per heavy atom. The quantitative estimate of drug-likeness (QED) is 0.249. The Morgan fingerprint density at radius 2 is 1.83 bits per heavy atom. The van der Waals surface area contributed by atoms with Gasteiger partial charge in [0.05, 0.1) is 29.7 Å². The lowest BCUT2D eigenvalue weighted by molar-refractivity contribution is -0.385. The molecule has 0 spiro atoms. The second kappa shape index (κ2) is 11.6. The fraction of sp³-hybridized carbons (Fsp3) is 0.130. The third kappa shape index (κ3) is 6.85. The molecular weight excluding hydrogens is 496 g/mol. The van der Waals surface area contributed by atoms with Crippen LogP contribution in [-0.2, 0) is 21.4 Å². The van der Waals surface area contributed by atoms with Gasteiger partial charge in [0.15, 0.2) is 5.75 Å². The maximum Gasteiger partial charge on any atom is 0.311 e. The van der Waals surface area contributed by atoms with Gasteiger partial charge >= 0.3 is 5.69 Å². The fourth-order valence-electron chi connectivity index (χ4n) is 3.07. The predicted octanol–water partition coefficient (Wildman–Crippen LogP) is 3.60. The molecule has 0 atom stereocenters. The van der Waals surface area contributed by atoms with Crippen molar-refractivity contribution in [3.05, 3.63) is 99.1 Å². The molecule has 1 N–H and O–H groups in total. The molecule has 182 valence electrons. The van der Waals surface area contributed by atoms with Gasteiger partial charge in [-0.2, -0.15) is 9.41 Å². The molecule has 0 heterocycles. The molecular formula is C23H21ClN4O6S. The minimum atomic E-state index is -4.04. The van der Waals surface area contributed by atoms with Crippen molar-refractivity contribution in [1.29, 1.82) is 0 Å². The molecule has 35 heavy (non-hydrogen) atoms. The minimum Gasteiger partial charge on any atom is -0.490 e. The van der Waals surface area contributed by atoms with E-state index in [1.54, 1.807) is 30.3 Å². The van der Waals surface area contributed by atoms with Crippen molar-refractivity contribution in [3.8, 4) is 5.75 Å². The smallest absolute Gasteiger partial charge is 0.311 e. The van der Waals surface area contributed by atoms with E-state index < -0.39 is 27.4 Å². The van der Waals surface area contributed by atoms with Gasteiger partial charge in [-0.25, -0.2) is 13.8 Å². The summed E-state index contributed by atoms with van der Waals surface area (Å²) in [7, 11) is -2.72. The van der Waals surface area contributed by atoms with Crippen molar-refractivity contribution in [2.45, 2.75) is 11.4 Å². The van der Waals surface area contributed by atoms with Gasteiger partial charge in [0.1, 0.15) is 0 Å². The van der Waals surface area contributed by atoms with Crippen LogP contribution in [-0.4, -0.2) is 43.4 Å². The highest BCUT2D eigenvalue weighted by Gasteiger charge is 2.27. The number of nitro groups is 1. The lowest BCUT2D eigenvalue weighted by Crippen LogP contribution is -2.39. The number of nitrogens with one attached hydrogen (secondary N) is 1. The molecule has 0 aliphatic heterocycles. The molecule has 10 nitrogen and oxygen atoms in total. The van der Waals surface area contributed by atoms with Crippen LogP contribution in [0.5, 0.6) is 5.75 Å². The fourth-order valence-corrected chi connectivity index (χ4v) is 4.58. The van der Waals surface area contributed by atoms with Crippen LogP contribution in [0.15, 0.2) is 82.8 Å². The van der Waals surface area contributed by atoms with Crippen LogP contribution in [0.1, 0.15) is 11.1 Å². The number of halogens is 1. The minimum absolute atomic E-state index is 0.0142. The zero-order valence-corrected chi connectivity index (χ0v) is 20.1. The normalized spacial score (nSPS) is 11.5. The summed E-state index contributed by atoms with van der Waals surface area (Å²) in [5.74, 6) is -0.613. The number of hydrogen-bond donors (Lipinski definition) is 1. The van der Waals surface area contributed by atoms with Gasteiger partial charge in [0, 0.05) is 23.2 Å². The lowest BCUT2D eigenvalue weighted by Gasteiger charge is -2.21. The molecule has 0 unspecified atom stereocenters. The molecule has 0 aliphatic carbocycles. The molecule has 0 bridgehead atoms. The second-order valence-electron chi connectivity index (χ2n) is 7.19. The van der Waals surface area contributed by atoms with Crippen molar-refractivity contribution in [3.63, 3.8) is 0 Å². The van der Waals surface area contributed by atoms with E-state index >= 15 is 0 Å². The summed E-state index contributed by atoms with van der Waals surface area (Å²) in [6, 6.07) is 18.6. The van der Waals surface area contributed by atoms with Crippen molar-refractivity contribution < 1.29 is 22.9 Å². The summed E-state index contributed by atoms with van der Waals surface area (Å²) in [6.45, 7) is -0.562. The van der Waals surface area contributed by atoms with Gasteiger partial charge in [-0.05, 0) is 42.0 Å². The lowest BCUT2D eigenvalue weighted by atomic mass is 10.2. The first-order chi connectivity index (χ1) is 16.7. The molecule has 12 heteroatoms. The van der Waals surface area contributed by atoms with Crippen LogP contribution < -0.4 is 10.2 Å². The Morgan fingerprint density at radius 1 is 1.14 bits per heavy atom. The first kappa shape index (κ1) is 25.8. The number of nitro benzene ring substituents is 1. The molecule has 0 radical (unpaired) electrons. The van der Waals surface area contributed by atoms with Crippen LogP contribution in [0.4, 0.5) is 5.69 Å². The predicted molar refractivity (Wildman–Crippen MR) is 131 cm³/mol. The SMILES string of the molecule is COc1ccc(/C=N\NC(=O)CN(Cc2ccccc2)S(=O)(=O)c2ccc(Cl)cc2)cc1[N+](=O)[O-]. The highest BCUT2D eigenvalue weighted by Crippen LogP contribution is 2.27. The van der Waals surface area contributed by atoms with E-state index in [0.29, 0.717) is 16.1 Å². The van der Waals surface area contributed by atoms with Crippen LogP contribution in [0, 0.1) is 10.1 Å². The monoisotopic (exact) mass is 516 g/mol. The topological polar surface area (TPSA) is 131 Å². The zero-order chi connectivity index (χ0) is 25.4. The summed E-state index contributed by atoms with van der Waals surface area (Å²) < 4.78 is 32.4. The number of carbonyl (C=O) groups excluding carboxylic acids is 1. The third-order valence-corrected chi connectivity index (χ3v) is 6.83. The molecule has 0 saturated carbocycles. The van der Waals surface area contributed by atoms with Gasteiger partial charge in [0.25, 0.3) is 5.91 Å². The van der Waals surface area contributed by atoms with E-state index in [4.69, 9.17) is 16.3 Å². The van der Waals surface area contributed by atoms with Crippen molar-refractivity contribution >= 4 is 39.4 Å². The average Bonchev–Trinajstić information content (AvgIpc) is 2.84. The molecule has 0 saturated heterocycles. The van der Waals surface area contributed by atoms with E-state index in [2.05, 4.69) is 10.5 Å². The molecule has 3 rings (SSSR count). The molecule has 3 aromatic rings. The summed E-state index contributed by atoms with van der Waals surface area (Å²) in [4.78, 5) is 23.1. The third-order valence-electron chi connectivity index (χ3n) is 4.78. The first-order valence-electron chi connectivity index (χ1n) is 10.1. The maximum atomic E-state index is 13.2. The Hall–Kier alpha value is -3.80. The van der Waals surface area contributed by atoms with Gasteiger partial charge in [-0.1, -0.05) is 41.9 Å². The van der Waals surface area contributed by atoms with Gasteiger partial charge in [0.2, 0.25) is 10.0 Å². The Bertz CT molecular complexity index is 1330. The molecule has 0 aliphatic rings. The Labute approximate surface area is 207 Å². The number of benzene rings is 3. The molecule has 0 fully saturated rings. The summed E-state index contributed by atoms with van der Waals surface area (Å²) in [5.41, 5.74) is 3.03. The number of nitrogens with zero attached hydrogens (tertiary/aromatic N) is 3. The summed E-state index contributed by atoms with van der Waals surface area (Å²) >= 11 is 5.87. The molecule has 3 aromatic carbocycles. The number of rotatable bonds is 10. The highest BCUT2D eigenvalue weighted by molar-refractivity contribution is 7.89. The number of hydrazone groups is 1. The first-order valence-corrected chi connectivity index (χ1v) is 12.0. The second-order valence-corrected chi connectivity index (χ2v) is 9.57. The highest BCUT2D eigenvalue weighted by atomic mass is 35.5. The van der Waals surface area contributed by atoms with Crippen LogP contribution in [0.25, 0.3) is 0 Å². The Balaban J connectivity index is 1.77. The number of ether oxygens (including phenoxy) is 1. The summed E-state index contributed by atoms with van der Waals surface area (Å²) in [5, 5.41) is 15.3. The van der Waals surface area contributed by atoms with Crippen molar-refractivity contribution in [2.75, 3.05) is 13.7 Å². The van der Waals surface area contributed by atoms with Crippen molar-refractivity contribution in [1.82, 2.24) is 9.73 Å². The molecule has 1 amide bonds. The van der Waals surface area contributed by atoms with Gasteiger partial charge < -0.3 is 4.74 Å². The van der Waals surface area contributed by atoms with E-state index in [1.807, 2.05) is 0 Å². The number of methoxy groups -OCH3 is 1. The van der Waals surface area contributed by atoms with E-state index in [1.165, 1.54) is 55.8 Å². The standard InChI is InChI=1S/C23H21ClN4O6S/c1-34-22-12-7-18(13-21(22)28(30)31)14-25-26-23(29)16-27(15-17-5-3-2-4-6-17)35(32,33)20-10-8-19(24)9-11-20/h2-14H,15-16H2,1H3,(H,26,29)/b25-14-. The largest absolute Gasteiger partial charge is 0.490 e. The average molecular weight is 517 g/mol. The number of carbonyl (C=O) groups is 1. The van der Waals surface area contributed by atoms with Gasteiger partial charge in [-0.3, -0.25) is 14.9 Å². The number of sulfonamides is 1. The summed E-state index contributed by atoms with van der Waals surface area (Å²) in [6.07, 6.45) is 1.21. The molecule has 0 aromatic heterocycles. The number of hydrogen-bond acceptors (Lipinski definition) is 7. The zero-order valence-electron chi connectivity index (χ0n) is 18.5. The van der Waals surface area contributed by atoms with Crippen LogP contribution in [0.3, 0.4) is 0 Å². The number of amides is 1. The van der Waals surface area contributed by atoms with E-state index in [-0.39, 0.29) is 22.9 Å². The maximum absolute atomic E-state index is 13.2. The Kier molecular flexibility index (Phi) is 8.53. The van der Waals surface area contributed by atoms with Gasteiger partial charge in [-0.15, -0.1) is 0 Å². The van der Waals surface area contributed by atoms with Crippen LogP contribution in [0.2, 0.25) is 5.02 Å². The van der Waals surface area contributed by atoms with Crippen molar-refractivity contribution in [2.24, 2.45) is 5.10 Å². The van der Waals surface area contributed by atoms with E-state index in [9.17, 15) is 23.3 Å². The van der Waals surface area contributed by atoms with E-state index in [0.717, 1.165) is 4.31 Å². The van der Waals surface area contributed by atoms with Crippen LogP contribution >= 0.6 is 11.6 Å².